The average Bonchev–Trinajstić information content (AvgIpc) is 2.97. The first-order valence-electron chi connectivity index (χ1n) is 8.10. The van der Waals surface area contributed by atoms with Gasteiger partial charge < -0.3 is 14.6 Å². The minimum Gasteiger partial charge on any atom is -0.497 e. The maximum absolute atomic E-state index is 11.6. The van der Waals surface area contributed by atoms with Gasteiger partial charge in [0.05, 0.1) is 12.4 Å². The van der Waals surface area contributed by atoms with Crippen LogP contribution < -0.4 is 14.8 Å². The number of aliphatic hydroxyl groups is 1. The molecule has 6 nitrogen and oxygen atoms in total. The third-order valence-electron chi connectivity index (χ3n) is 4.00. The molecule has 26 heavy (non-hydrogen) atoms. The second-order valence-electron chi connectivity index (χ2n) is 5.83. The van der Waals surface area contributed by atoms with E-state index in [1.165, 1.54) is 0 Å². The van der Waals surface area contributed by atoms with Crippen LogP contribution in [0.5, 0.6) is 11.5 Å². The summed E-state index contributed by atoms with van der Waals surface area (Å²) in [5.74, 6) is 1.05. The Morgan fingerprint density at radius 2 is 1.92 bits per heavy atom. The van der Waals surface area contributed by atoms with Crippen molar-refractivity contribution >= 4 is 22.9 Å². The Morgan fingerprint density at radius 3 is 2.58 bits per heavy atom. The fourth-order valence-corrected chi connectivity index (χ4v) is 3.44. The molecule has 0 aromatic heterocycles. The Labute approximate surface area is 155 Å². The molecule has 2 aromatic rings. The van der Waals surface area contributed by atoms with Gasteiger partial charge >= 0.3 is 0 Å². The molecular formula is C19H19NO5S. The number of rotatable bonds is 7. The SMILES string of the molecule is COc1cccc(C(O)COc2ccc(CC3SC(=O)NC3=O)cc2)c1. The summed E-state index contributed by atoms with van der Waals surface area (Å²) in [7, 11) is 1.58. The van der Waals surface area contributed by atoms with E-state index in [-0.39, 0.29) is 23.0 Å². The number of aliphatic hydroxyl groups excluding tert-OH is 1. The topological polar surface area (TPSA) is 84.9 Å². The lowest BCUT2D eigenvalue weighted by molar-refractivity contribution is -0.118. The number of carbonyl (C=O) groups excluding carboxylic acids is 2. The van der Waals surface area contributed by atoms with Crippen molar-refractivity contribution < 1.29 is 24.2 Å². The van der Waals surface area contributed by atoms with Gasteiger partial charge in [-0.1, -0.05) is 36.0 Å². The monoisotopic (exact) mass is 373 g/mol. The first-order valence-corrected chi connectivity index (χ1v) is 8.98. The van der Waals surface area contributed by atoms with E-state index < -0.39 is 6.10 Å². The highest BCUT2D eigenvalue weighted by Gasteiger charge is 2.31. The predicted molar refractivity (Wildman–Crippen MR) is 98.5 cm³/mol. The van der Waals surface area contributed by atoms with Crippen molar-refractivity contribution in [2.24, 2.45) is 0 Å². The van der Waals surface area contributed by atoms with Crippen LogP contribution in [0, 0.1) is 0 Å². The molecule has 1 saturated heterocycles. The number of benzene rings is 2. The highest BCUT2D eigenvalue weighted by molar-refractivity contribution is 8.15. The maximum Gasteiger partial charge on any atom is 0.286 e. The second kappa shape index (κ2) is 8.25. The normalized spacial score (nSPS) is 17.7. The van der Waals surface area contributed by atoms with E-state index in [0.29, 0.717) is 17.9 Å². The number of nitrogens with one attached hydrogen (secondary N) is 1. The Hall–Kier alpha value is -2.51. The van der Waals surface area contributed by atoms with Crippen molar-refractivity contribution in [3.8, 4) is 11.5 Å². The molecule has 2 N–H and O–H groups in total. The molecule has 0 radical (unpaired) electrons. The fraction of sp³-hybridized carbons (Fsp3) is 0.263. The van der Waals surface area contributed by atoms with Crippen molar-refractivity contribution in [1.82, 2.24) is 5.32 Å². The zero-order valence-electron chi connectivity index (χ0n) is 14.2. The molecule has 0 bridgehead atoms. The smallest absolute Gasteiger partial charge is 0.286 e. The lowest BCUT2D eigenvalue weighted by atomic mass is 10.1. The Kier molecular flexibility index (Phi) is 5.80. The van der Waals surface area contributed by atoms with Gasteiger partial charge in [0.25, 0.3) is 5.24 Å². The number of thioether (sulfide) groups is 1. The Bertz CT molecular complexity index is 793. The molecule has 0 spiro atoms. The second-order valence-corrected chi connectivity index (χ2v) is 7.01. The minimum absolute atomic E-state index is 0.113. The van der Waals surface area contributed by atoms with E-state index in [2.05, 4.69) is 5.32 Å². The fourth-order valence-electron chi connectivity index (χ4n) is 2.58. The molecule has 1 heterocycles. The zero-order valence-corrected chi connectivity index (χ0v) is 15.0. The molecule has 1 fully saturated rings. The van der Waals surface area contributed by atoms with Crippen molar-refractivity contribution in [2.75, 3.05) is 13.7 Å². The highest BCUT2D eigenvalue weighted by atomic mass is 32.2. The molecule has 0 aliphatic carbocycles. The van der Waals surface area contributed by atoms with Gasteiger partial charge in [0, 0.05) is 0 Å². The summed E-state index contributed by atoms with van der Waals surface area (Å²) in [6.07, 6.45) is -0.288. The van der Waals surface area contributed by atoms with Gasteiger partial charge in [0.15, 0.2) is 0 Å². The molecule has 2 atom stereocenters. The van der Waals surface area contributed by atoms with E-state index in [4.69, 9.17) is 9.47 Å². The largest absolute Gasteiger partial charge is 0.497 e. The van der Waals surface area contributed by atoms with Gasteiger partial charge in [-0.05, 0) is 41.8 Å². The third kappa shape index (κ3) is 4.56. The highest BCUT2D eigenvalue weighted by Crippen LogP contribution is 2.24. The van der Waals surface area contributed by atoms with Crippen LogP contribution in [0.1, 0.15) is 17.2 Å². The summed E-state index contributed by atoms with van der Waals surface area (Å²) < 4.78 is 10.8. The number of carbonyl (C=O) groups is 2. The van der Waals surface area contributed by atoms with Gasteiger partial charge in [-0.2, -0.15) is 0 Å². The quantitative estimate of drug-likeness (QED) is 0.776. The molecule has 2 aromatic carbocycles. The van der Waals surface area contributed by atoms with Crippen LogP contribution in [-0.4, -0.2) is 35.2 Å². The number of methoxy groups -OCH3 is 1. The molecular weight excluding hydrogens is 354 g/mol. The molecule has 3 rings (SSSR count). The van der Waals surface area contributed by atoms with Crippen LogP contribution in [-0.2, 0) is 11.2 Å². The van der Waals surface area contributed by atoms with Crippen molar-refractivity contribution in [3.63, 3.8) is 0 Å². The van der Waals surface area contributed by atoms with Crippen LogP contribution >= 0.6 is 11.8 Å². The van der Waals surface area contributed by atoms with Gasteiger partial charge in [0.2, 0.25) is 5.91 Å². The van der Waals surface area contributed by atoms with Crippen molar-refractivity contribution in [3.05, 3.63) is 59.7 Å². The van der Waals surface area contributed by atoms with Gasteiger partial charge in [0.1, 0.15) is 24.2 Å². The maximum atomic E-state index is 11.6. The molecule has 7 heteroatoms. The summed E-state index contributed by atoms with van der Waals surface area (Å²) >= 11 is 1.01. The molecule has 1 aliphatic heterocycles. The van der Waals surface area contributed by atoms with E-state index in [0.717, 1.165) is 22.9 Å². The summed E-state index contributed by atoms with van der Waals surface area (Å²) in [5, 5.41) is 11.8. The minimum atomic E-state index is -0.769. The zero-order chi connectivity index (χ0) is 18.5. The average molecular weight is 373 g/mol. The standard InChI is InChI=1S/C19H19NO5S/c1-24-15-4-2-3-13(10-15)16(21)11-25-14-7-5-12(6-8-14)9-17-18(22)20-19(23)26-17/h2-8,10,16-17,21H,9,11H2,1H3,(H,20,22,23). The van der Waals surface area contributed by atoms with Crippen LogP contribution in [0.3, 0.4) is 0 Å². The molecule has 136 valence electrons. The van der Waals surface area contributed by atoms with Gasteiger partial charge in [-0.3, -0.25) is 14.9 Å². The van der Waals surface area contributed by atoms with Crippen LogP contribution in [0.2, 0.25) is 0 Å². The van der Waals surface area contributed by atoms with Crippen LogP contribution in [0.25, 0.3) is 0 Å². The lowest BCUT2D eigenvalue weighted by Gasteiger charge is -2.14. The Morgan fingerprint density at radius 1 is 1.15 bits per heavy atom. The van der Waals surface area contributed by atoms with E-state index >= 15 is 0 Å². The summed E-state index contributed by atoms with van der Waals surface area (Å²) in [5.41, 5.74) is 1.66. The number of hydrogen-bond donors (Lipinski definition) is 2. The number of hydrogen-bond acceptors (Lipinski definition) is 6. The van der Waals surface area contributed by atoms with E-state index in [1.807, 2.05) is 30.3 Å². The predicted octanol–water partition coefficient (Wildman–Crippen LogP) is 2.70. The first-order chi connectivity index (χ1) is 12.5. The van der Waals surface area contributed by atoms with Gasteiger partial charge in [-0.15, -0.1) is 0 Å². The molecule has 0 saturated carbocycles. The summed E-state index contributed by atoms with van der Waals surface area (Å²) in [6, 6.07) is 14.5. The van der Waals surface area contributed by atoms with Crippen molar-refractivity contribution in [2.45, 2.75) is 17.8 Å². The number of amides is 2. The number of ether oxygens (including phenoxy) is 2. The van der Waals surface area contributed by atoms with Crippen molar-refractivity contribution in [1.29, 1.82) is 0 Å². The summed E-state index contributed by atoms with van der Waals surface area (Å²) in [4.78, 5) is 22.8. The lowest BCUT2D eigenvalue weighted by Crippen LogP contribution is -2.25. The van der Waals surface area contributed by atoms with E-state index in [9.17, 15) is 14.7 Å². The van der Waals surface area contributed by atoms with E-state index in [1.54, 1.807) is 25.3 Å². The number of imide groups is 1. The third-order valence-corrected chi connectivity index (χ3v) is 4.98. The summed E-state index contributed by atoms with van der Waals surface area (Å²) in [6.45, 7) is 0.113. The first kappa shape index (κ1) is 18.3. The molecule has 1 aliphatic rings. The van der Waals surface area contributed by atoms with Crippen LogP contribution in [0.15, 0.2) is 48.5 Å². The molecule has 2 amide bonds. The van der Waals surface area contributed by atoms with Crippen LogP contribution in [0.4, 0.5) is 4.79 Å². The van der Waals surface area contributed by atoms with Gasteiger partial charge in [-0.25, -0.2) is 0 Å². The Balaban J connectivity index is 1.54. The molecule has 2 unspecified atom stereocenters.